The van der Waals surface area contributed by atoms with E-state index in [1.807, 2.05) is 0 Å². The molecule has 0 N–H and O–H groups in total. The normalized spacial score (nSPS) is 10.4. The summed E-state index contributed by atoms with van der Waals surface area (Å²) < 4.78 is 21.9. The Kier molecular flexibility index (Phi) is 8.48. The number of hydrogen-bond acceptors (Lipinski definition) is 7. The summed E-state index contributed by atoms with van der Waals surface area (Å²) in [4.78, 5) is 24.2. The third-order valence-corrected chi connectivity index (χ3v) is 4.61. The standard InChI is InChI=1S/C23H27NO6/c1-5-6-7-8-9-10-19(26)30-21-18-13-16(14-24)11-12-17(18)20(29-15(2)25)22(27-3)23(21)28-4/h11-13H,5-10H2,1-4H3. The quantitative estimate of drug-likeness (QED) is 0.310. The first-order valence-corrected chi connectivity index (χ1v) is 9.97. The molecule has 0 saturated carbocycles. The molecule has 0 radical (unpaired) electrons. The maximum absolute atomic E-state index is 12.5. The number of methoxy groups -OCH3 is 2. The lowest BCUT2D eigenvalue weighted by Gasteiger charge is -2.19. The van der Waals surface area contributed by atoms with Crippen LogP contribution in [0.15, 0.2) is 18.2 Å². The lowest BCUT2D eigenvalue weighted by Crippen LogP contribution is -2.11. The summed E-state index contributed by atoms with van der Waals surface area (Å²) in [5.74, 6) is -0.420. The molecule has 7 nitrogen and oxygen atoms in total. The molecule has 0 aromatic heterocycles. The number of benzene rings is 2. The van der Waals surface area contributed by atoms with Gasteiger partial charge in [0.05, 0.1) is 25.9 Å². The molecule has 0 heterocycles. The average Bonchev–Trinajstić information content (AvgIpc) is 2.74. The number of nitriles is 1. The fourth-order valence-electron chi connectivity index (χ4n) is 3.21. The fourth-order valence-corrected chi connectivity index (χ4v) is 3.21. The summed E-state index contributed by atoms with van der Waals surface area (Å²) in [6.45, 7) is 3.40. The lowest BCUT2D eigenvalue weighted by atomic mass is 10.0. The average molecular weight is 413 g/mol. The highest BCUT2D eigenvalue weighted by atomic mass is 16.6. The van der Waals surface area contributed by atoms with E-state index >= 15 is 0 Å². The molecule has 2 aromatic rings. The van der Waals surface area contributed by atoms with Crippen molar-refractivity contribution in [2.45, 2.75) is 52.4 Å². The van der Waals surface area contributed by atoms with Gasteiger partial charge in [0.15, 0.2) is 11.5 Å². The third kappa shape index (κ3) is 5.41. The molecule has 2 aromatic carbocycles. The zero-order valence-electron chi connectivity index (χ0n) is 17.9. The largest absolute Gasteiger partial charge is 0.490 e. The first-order valence-electron chi connectivity index (χ1n) is 9.97. The van der Waals surface area contributed by atoms with Gasteiger partial charge in [-0.15, -0.1) is 0 Å². The number of esters is 2. The summed E-state index contributed by atoms with van der Waals surface area (Å²) in [7, 11) is 2.80. The number of unbranched alkanes of at least 4 members (excludes halogenated alkanes) is 4. The lowest BCUT2D eigenvalue weighted by molar-refractivity contribution is -0.135. The molecule has 0 unspecified atom stereocenters. The van der Waals surface area contributed by atoms with Crippen molar-refractivity contribution in [2.24, 2.45) is 0 Å². The summed E-state index contributed by atoms with van der Waals surface area (Å²) in [6.07, 6.45) is 5.29. The molecule has 0 bridgehead atoms. The number of rotatable bonds is 10. The van der Waals surface area contributed by atoms with E-state index in [1.54, 1.807) is 18.2 Å². The molecule has 0 aliphatic rings. The zero-order valence-corrected chi connectivity index (χ0v) is 17.9. The first-order chi connectivity index (χ1) is 14.5. The van der Waals surface area contributed by atoms with Crippen LogP contribution in [0.2, 0.25) is 0 Å². The molecule has 30 heavy (non-hydrogen) atoms. The highest BCUT2D eigenvalue weighted by molar-refractivity contribution is 6.01. The van der Waals surface area contributed by atoms with Crippen LogP contribution in [0.1, 0.15) is 57.9 Å². The Morgan fingerprint density at radius 2 is 1.53 bits per heavy atom. The summed E-state index contributed by atoms with van der Waals surface area (Å²) in [5, 5.41) is 10.2. The van der Waals surface area contributed by atoms with Crippen LogP contribution in [0.3, 0.4) is 0 Å². The van der Waals surface area contributed by atoms with Gasteiger partial charge < -0.3 is 18.9 Å². The highest BCUT2D eigenvalue weighted by Crippen LogP contribution is 2.51. The van der Waals surface area contributed by atoms with Gasteiger partial charge in [0, 0.05) is 24.1 Å². The van der Waals surface area contributed by atoms with Gasteiger partial charge in [0.2, 0.25) is 11.5 Å². The van der Waals surface area contributed by atoms with Crippen molar-refractivity contribution in [2.75, 3.05) is 14.2 Å². The Hall–Kier alpha value is -3.27. The van der Waals surface area contributed by atoms with E-state index < -0.39 is 11.9 Å². The molecule has 2 rings (SSSR count). The molecule has 0 spiro atoms. The van der Waals surface area contributed by atoms with E-state index in [9.17, 15) is 14.9 Å². The minimum Gasteiger partial charge on any atom is -0.490 e. The Bertz CT molecular complexity index is 961. The van der Waals surface area contributed by atoms with Gasteiger partial charge >= 0.3 is 11.9 Å². The van der Waals surface area contributed by atoms with E-state index in [4.69, 9.17) is 18.9 Å². The van der Waals surface area contributed by atoms with Crippen molar-refractivity contribution in [1.82, 2.24) is 0 Å². The molecule has 0 saturated heterocycles. The SMILES string of the molecule is CCCCCCCC(=O)Oc1c(OC)c(OC)c(OC(C)=O)c2ccc(C#N)cc12. The van der Waals surface area contributed by atoms with E-state index in [1.165, 1.54) is 21.1 Å². The van der Waals surface area contributed by atoms with Gasteiger partial charge in [-0.2, -0.15) is 5.26 Å². The molecule has 160 valence electrons. The molecular formula is C23H27NO6. The minimum atomic E-state index is -0.544. The van der Waals surface area contributed by atoms with Crippen LogP contribution in [-0.2, 0) is 9.59 Å². The number of nitrogens with zero attached hydrogens (tertiary/aromatic N) is 1. The van der Waals surface area contributed by atoms with Gasteiger partial charge in [-0.3, -0.25) is 9.59 Å². The number of carbonyl (C=O) groups excluding carboxylic acids is 2. The Morgan fingerprint density at radius 1 is 0.900 bits per heavy atom. The van der Waals surface area contributed by atoms with Crippen LogP contribution >= 0.6 is 0 Å². The summed E-state index contributed by atoms with van der Waals surface area (Å²) in [6, 6.07) is 6.83. The Morgan fingerprint density at radius 3 is 2.10 bits per heavy atom. The monoisotopic (exact) mass is 413 g/mol. The van der Waals surface area contributed by atoms with Crippen LogP contribution in [-0.4, -0.2) is 26.2 Å². The van der Waals surface area contributed by atoms with E-state index in [0.717, 1.165) is 32.1 Å². The van der Waals surface area contributed by atoms with Crippen molar-refractivity contribution in [1.29, 1.82) is 5.26 Å². The third-order valence-electron chi connectivity index (χ3n) is 4.61. The van der Waals surface area contributed by atoms with Crippen molar-refractivity contribution >= 4 is 22.7 Å². The van der Waals surface area contributed by atoms with Crippen molar-refractivity contribution < 1.29 is 28.5 Å². The van der Waals surface area contributed by atoms with Crippen LogP contribution in [0, 0.1) is 11.3 Å². The van der Waals surface area contributed by atoms with Crippen molar-refractivity contribution in [3.63, 3.8) is 0 Å². The predicted molar refractivity (Wildman–Crippen MR) is 112 cm³/mol. The summed E-state index contributed by atoms with van der Waals surface area (Å²) >= 11 is 0. The number of fused-ring (bicyclic) bond motifs is 1. The van der Waals surface area contributed by atoms with E-state index in [2.05, 4.69) is 13.0 Å². The smallest absolute Gasteiger partial charge is 0.311 e. The molecule has 0 aliphatic carbocycles. The molecule has 0 amide bonds. The van der Waals surface area contributed by atoms with Crippen molar-refractivity contribution in [3.8, 4) is 29.1 Å². The number of ether oxygens (including phenoxy) is 4. The van der Waals surface area contributed by atoms with Crippen LogP contribution in [0.4, 0.5) is 0 Å². The maximum Gasteiger partial charge on any atom is 0.311 e. The van der Waals surface area contributed by atoms with Crippen LogP contribution in [0.5, 0.6) is 23.0 Å². The van der Waals surface area contributed by atoms with Gasteiger partial charge in [-0.05, 0) is 24.6 Å². The van der Waals surface area contributed by atoms with E-state index in [0.29, 0.717) is 16.3 Å². The Labute approximate surface area is 176 Å². The molecule has 0 fully saturated rings. The maximum atomic E-state index is 12.5. The number of hydrogen-bond donors (Lipinski definition) is 0. The topological polar surface area (TPSA) is 94.8 Å². The van der Waals surface area contributed by atoms with Gasteiger partial charge in [-0.1, -0.05) is 32.6 Å². The zero-order chi connectivity index (χ0) is 22.1. The van der Waals surface area contributed by atoms with Crippen LogP contribution in [0.25, 0.3) is 10.8 Å². The molecule has 7 heteroatoms. The van der Waals surface area contributed by atoms with Gasteiger partial charge in [0.25, 0.3) is 0 Å². The van der Waals surface area contributed by atoms with Crippen molar-refractivity contribution in [3.05, 3.63) is 23.8 Å². The Balaban J connectivity index is 2.52. The van der Waals surface area contributed by atoms with Gasteiger partial charge in [-0.25, -0.2) is 0 Å². The second kappa shape index (κ2) is 11.1. The predicted octanol–water partition coefficient (Wildman–Crippen LogP) is 4.92. The molecule has 0 atom stereocenters. The fraction of sp³-hybridized carbons (Fsp3) is 0.435. The second-order valence-corrected chi connectivity index (χ2v) is 6.83. The second-order valence-electron chi connectivity index (χ2n) is 6.83. The first kappa shape index (κ1) is 23.0. The summed E-state index contributed by atoms with van der Waals surface area (Å²) in [5.41, 5.74) is 0.361. The van der Waals surface area contributed by atoms with Gasteiger partial charge in [0.1, 0.15) is 0 Å². The molecular weight excluding hydrogens is 386 g/mol. The van der Waals surface area contributed by atoms with Crippen LogP contribution < -0.4 is 18.9 Å². The number of carbonyl (C=O) groups is 2. The van der Waals surface area contributed by atoms with E-state index in [-0.39, 0.29) is 29.4 Å². The molecule has 0 aliphatic heterocycles. The minimum absolute atomic E-state index is 0.121. The highest BCUT2D eigenvalue weighted by Gasteiger charge is 2.26.